The van der Waals surface area contributed by atoms with Crippen LogP contribution in [0.4, 0.5) is 0 Å². The lowest BCUT2D eigenvalue weighted by Gasteiger charge is -2.18. The van der Waals surface area contributed by atoms with Crippen molar-refractivity contribution in [3.05, 3.63) is 48.0 Å². The fourth-order valence-electron chi connectivity index (χ4n) is 2.46. The molecule has 1 heterocycles. The van der Waals surface area contributed by atoms with Crippen molar-refractivity contribution in [3.8, 4) is 23.0 Å². The second-order valence-electron chi connectivity index (χ2n) is 5.54. The Kier molecular flexibility index (Phi) is 5.61. The van der Waals surface area contributed by atoms with Gasteiger partial charge in [-0.3, -0.25) is 4.79 Å². The summed E-state index contributed by atoms with van der Waals surface area (Å²) in [5.74, 6) is 2.75. The molecule has 0 saturated heterocycles. The van der Waals surface area contributed by atoms with Gasteiger partial charge in [0.15, 0.2) is 18.1 Å². The highest BCUT2D eigenvalue weighted by Crippen LogP contribution is 2.30. The Morgan fingerprint density at radius 2 is 1.76 bits per heavy atom. The molecule has 0 saturated carbocycles. The van der Waals surface area contributed by atoms with Gasteiger partial charge in [0.2, 0.25) is 0 Å². The van der Waals surface area contributed by atoms with E-state index in [-0.39, 0.29) is 12.5 Å². The molecule has 132 valence electrons. The van der Waals surface area contributed by atoms with Gasteiger partial charge in [0.25, 0.3) is 5.91 Å². The van der Waals surface area contributed by atoms with Gasteiger partial charge < -0.3 is 24.3 Å². The van der Waals surface area contributed by atoms with Gasteiger partial charge in [0, 0.05) is 6.54 Å². The summed E-state index contributed by atoms with van der Waals surface area (Å²) < 4.78 is 21.6. The van der Waals surface area contributed by atoms with E-state index >= 15 is 0 Å². The summed E-state index contributed by atoms with van der Waals surface area (Å²) in [6.45, 7) is 1.66. The van der Waals surface area contributed by atoms with E-state index in [9.17, 15) is 4.79 Å². The third kappa shape index (κ3) is 4.79. The number of carbonyl (C=O) groups is 1. The average Bonchev–Trinajstić information content (AvgIpc) is 2.66. The smallest absolute Gasteiger partial charge is 0.257 e. The molecular weight excluding hydrogens is 322 g/mol. The molecule has 0 aliphatic carbocycles. The number of hydrogen-bond acceptors (Lipinski definition) is 5. The molecule has 1 aliphatic rings. The van der Waals surface area contributed by atoms with E-state index < -0.39 is 0 Å². The fourth-order valence-corrected chi connectivity index (χ4v) is 2.46. The molecule has 0 unspecified atom stereocenters. The lowest BCUT2D eigenvalue weighted by atomic mass is 10.1. The van der Waals surface area contributed by atoms with Crippen LogP contribution >= 0.6 is 0 Å². The molecule has 0 aromatic heterocycles. The number of methoxy groups -OCH3 is 1. The minimum atomic E-state index is -0.159. The summed E-state index contributed by atoms with van der Waals surface area (Å²) in [6.07, 6.45) is 0.713. The second-order valence-corrected chi connectivity index (χ2v) is 5.54. The highest BCUT2D eigenvalue weighted by atomic mass is 16.6. The van der Waals surface area contributed by atoms with Gasteiger partial charge in [-0.2, -0.15) is 0 Å². The van der Waals surface area contributed by atoms with Crippen molar-refractivity contribution in [1.29, 1.82) is 0 Å². The van der Waals surface area contributed by atoms with Crippen LogP contribution in [0.3, 0.4) is 0 Å². The first kappa shape index (κ1) is 17.0. The number of rotatable bonds is 7. The van der Waals surface area contributed by atoms with Crippen LogP contribution in [0.2, 0.25) is 0 Å². The summed E-state index contributed by atoms with van der Waals surface area (Å²) in [4.78, 5) is 11.9. The van der Waals surface area contributed by atoms with Crippen LogP contribution in [0, 0.1) is 0 Å². The van der Waals surface area contributed by atoms with Gasteiger partial charge >= 0.3 is 0 Å². The van der Waals surface area contributed by atoms with E-state index in [4.69, 9.17) is 18.9 Å². The number of ether oxygens (including phenoxy) is 4. The first-order valence-corrected chi connectivity index (χ1v) is 8.16. The SMILES string of the molecule is COc1ccc(OCC(=O)NCCc2ccc3c(c2)OCCO3)cc1. The van der Waals surface area contributed by atoms with E-state index in [1.165, 1.54) is 0 Å². The number of carbonyl (C=O) groups excluding carboxylic acids is 1. The van der Waals surface area contributed by atoms with Gasteiger partial charge in [0.1, 0.15) is 24.7 Å². The molecule has 0 radical (unpaired) electrons. The highest BCUT2D eigenvalue weighted by Gasteiger charge is 2.11. The minimum absolute atomic E-state index is 0.0204. The van der Waals surface area contributed by atoms with Gasteiger partial charge in [-0.15, -0.1) is 0 Å². The monoisotopic (exact) mass is 343 g/mol. The quantitative estimate of drug-likeness (QED) is 0.835. The number of amides is 1. The van der Waals surface area contributed by atoms with Crippen molar-refractivity contribution in [2.24, 2.45) is 0 Å². The molecule has 2 aromatic carbocycles. The van der Waals surface area contributed by atoms with Gasteiger partial charge in [0.05, 0.1) is 7.11 Å². The van der Waals surface area contributed by atoms with Gasteiger partial charge in [-0.1, -0.05) is 6.07 Å². The first-order chi connectivity index (χ1) is 12.2. The molecule has 1 aliphatic heterocycles. The summed E-state index contributed by atoms with van der Waals surface area (Å²) in [5, 5.41) is 2.84. The van der Waals surface area contributed by atoms with Crippen LogP contribution in [-0.4, -0.2) is 39.4 Å². The van der Waals surface area contributed by atoms with Crippen molar-refractivity contribution in [3.63, 3.8) is 0 Å². The van der Waals surface area contributed by atoms with Crippen LogP contribution < -0.4 is 24.3 Å². The van der Waals surface area contributed by atoms with Crippen molar-refractivity contribution in [1.82, 2.24) is 5.32 Å². The Morgan fingerprint density at radius 1 is 1.04 bits per heavy atom. The molecule has 2 aromatic rings. The third-order valence-electron chi connectivity index (χ3n) is 3.77. The lowest BCUT2D eigenvalue weighted by molar-refractivity contribution is -0.123. The summed E-state index contributed by atoms with van der Waals surface area (Å²) in [6, 6.07) is 12.9. The topological polar surface area (TPSA) is 66.0 Å². The van der Waals surface area contributed by atoms with Crippen LogP contribution in [0.15, 0.2) is 42.5 Å². The highest BCUT2D eigenvalue weighted by molar-refractivity contribution is 5.77. The van der Waals surface area contributed by atoms with Crippen LogP contribution in [-0.2, 0) is 11.2 Å². The Bertz CT molecular complexity index is 714. The molecule has 3 rings (SSSR count). The molecular formula is C19H21NO5. The Balaban J connectivity index is 1.40. The minimum Gasteiger partial charge on any atom is -0.497 e. The normalized spacial score (nSPS) is 12.4. The molecule has 0 spiro atoms. The maximum Gasteiger partial charge on any atom is 0.257 e. The largest absolute Gasteiger partial charge is 0.497 e. The molecule has 1 amide bonds. The molecule has 25 heavy (non-hydrogen) atoms. The first-order valence-electron chi connectivity index (χ1n) is 8.16. The maximum atomic E-state index is 11.9. The summed E-state index contributed by atoms with van der Waals surface area (Å²) in [5.41, 5.74) is 1.08. The van der Waals surface area contributed by atoms with E-state index in [1.807, 2.05) is 18.2 Å². The Labute approximate surface area is 146 Å². The van der Waals surface area contributed by atoms with Crippen molar-refractivity contribution < 1.29 is 23.7 Å². The number of hydrogen-bond donors (Lipinski definition) is 1. The predicted molar refractivity (Wildman–Crippen MR) is 92.6 cm³/mol. The van der Waals surface area contributed by atoms with Gasteiger partial charge in [-0.25, -0.2) is 0 Å². The zero-order valence-corrected chi connectivity index (χ0v) is 14.1. The third-order valence-corrected chi connectivity index (χ3v) is 3.77. The zero-order chi connectivity index (χ0) is 17.5. The second kappa shape index (κ2) is 8.28. The zero-order valence-electron chi connectivity index (χ0n) is 14.1. The van der Waals surface area contributed by atoms with Crippen molar-refractivity contribution in [2.45, 2.75) is 6.42 Å². The lowest BCUT2D eigenvalue weighted by Crippen LogP contribution is -2.30. The van der Waals surface area contributed by atoms with Crippen molar-refractivity contribution >= 4 is 5.91 Å². The predicted octanol–water partition coefficient (Wildman–Crippen LogP) is 2.20. The van der Waals surface area contributed by atoms with Crippen LogP contribution in [0.5, 0.6) is 23.0 Å². The maximum absolute atomic E-state index is 11.9. The van der Waals surface area contributed by atoms with E-state index in [2.05, 4.69) is 5.32 Å². The molecule has 6 heteroatoms. The van der Waals surface area contributed by atoms with E-state index in [0.29, 0.717) is 31.9 Å². The van der Waals surface area contributed by atoms with E-state index in [1.54, 1.807) is 31.4 Å². The Hall–Kier alpha value is -2.89. The number of nitrogens with one attached hydrogen (secondary N) is 1. The molecule has 1 N–H and O–H groups in total. The molecule has 0 bridgehead atoms. The van der Waals surface area contributed by atoms with Crippen molar-refractivity contribution in [2.75, 3.05) is 33.5 Å². The molecule has 6 nitrogen and oxygen atoms in total. The fraction of sp³-hybridized carbons (Fsp3) is 0.316. The number of fused-ring (bicyclic) bond motifs is 1. The summed E-state index contributed by atoms with van der Waals surface area (Å²) in [7, 11) is 1.60. The molecule has 0 atom stereocenters. The van der Waals surface area contributed by atoms with Gasteiger partial charge in [-0.05, 0) is 48.4 Å². The molecule has 0 fully saturated rings. The standard InChI is InChI=1S/C19H21NO5/c1-22-15-3-5-16(6-4-15)25-13-19(21)20-9-8-14-2-7-17-18(12-14)24-11-10-23-17/h2-7,12H,8-11,13H2,1H3,(H,20,21). The number of benzene rings is 2. The summed E-state index contributed by atoms with van der Waals surface area (Å²) >= 11 is 0. The van der Waals surface area contributed by atoms with Crippen LogP contribution in [0.25, 0.3) is 0 Å². The average molecular weight is 343 g/mol. The van der Waals surface area contributed by atoms with Crippen LogP contribution in [0.1, 0.15) is 5.56 Å². The Morgan fingerprint density at radius 3 is 2.52 bits per heavy atom. The van der Waals surface area contributed by atoms with E-state index in [0.717, 1.165) is 22.8 Å².